The van der Waals surface area contributed by atoms with Gasteiger partial charge in [-0.15, -0.1) is 0 Å². The molecule has 2 bridgehead atoms. The monoisotopic (exact) mass is 318 g/mol. The van der Waals surface area contributed by atoms with Gasteiger partial charge in [-0.3, -0.25) is 4.57 Å². The van der Waals surface area contributed by atoms with Gasteiger partial charge in [0.2, 0.25) is 5.95 Å². The molecule has 0 aromatic carbocycles. The summed E-state index contributed by atoms with van der Waals surface area (Å²) in [6.07, 6.45) is 6.14. The number of nitrogens with zero attached hydrogens (tertiary/aromatic N) is 3. The maximum absolute atomic E-state index is 6.16. The molecule has 4 atom stereocenters. The van der Waals surface area contributed by atoms with Crippen molar-refractivity contribution < 1.29 is 0 Å². The van der Waals surface area contributed by atoms with Gasteiger partial charge in [0.15, 0.2) is 5.65 Å². The molecule has 5 rings (SSSR count). The summed E-state index contributed by atoms with van der Waals surface area (Å²) in [5, 5.41) is 0. The van der Waals surface area contributed by atoms with E-state index in [1.165, 1.54) is 19.3 Å². The summed E-state index contributed by atoms with van der Waals surface area (Å²) >= 11 is 3.44. The van der Waals surface area contributed by atoms with Gasteiger partial charge in [-0.2, -0.15) is 0 Å². The second-order valence-electron chi connectivity index (χ2n) is 6.31. The predicted molar refractivity (Wildman–Crippen MR) is 76.5 cm³/mol. The smallest absolute Gasteiger partial charge is 0.202 e. The van der Waals surface area contributed by atoms with E-state index < -0.39 is 0 Å². The van der Waals surface area contributed by atoms with Gasteiger partial charge in [0.05, 0.1) is 0 Å². The lowest BCUT2D eigenvalue weighted by molar-refractivity contribution is 0.456. The fourth-order valence-electron chi connectivity index (χ4n) is 4.89. The van der Waals surface area contributed by atoms with Crippen molar-refractivity contribution in [1.82, 2.24) is 14.5 Å². The van der Waals surface area contributed by atoms with E-state index in [0.717, 1.165) is 39.3 Å². The van der Waals surface area contributed by atoms with Crippen molar-refractivity contribution in [3.05, 3.63) is 16.7 Å². The number of fused-ring (bicyclic) bond motifs is 6. The minimum atomic E-state index is 0.574. The molecule has 3 saturated carbocycles. The third-order valence-electron chi connectivity index (χ3n) is 5.52. The highest BCUT2D eigenvalue weighted by atomic mass is 79.9. The molecule has 3 fully saturated rings. The molecule has 2 aromatic heterocycles. The average Bonchev–Trinajstić information content (AvgIpc) is 2.74. The largest absolute Gasteiger partial charge is 0.369 e. The van der Waals surface area contributed by atoms with E-state index in [1.807, 2.05) is 12.3 Å². The Balaban J connectivity index is 1.65. The molecule has 2 N–H and O–H groups in total. The number of hydrogen-bond acceptors (Lipinski definition) is 3. The number of aromatic nitrogens is 3. The first kappa shape index (κ1) is 10.7. The Morgan fingerprint density at radius 2 is 2.00 bits per heavy atom. The number of nitrogens with two attached hydrogens (primary N) is 1. The summed E-state index contributed by atoms with van der Waals surface area (Å²) in [7, 11) is 0. The lowest BCUT2D eigenvalue weighted by Gasteiger charge is -2.11. The lowest BCUT2D eigenvalue weighted by Crippen LogP contribution is -2.08. The first-order chi connectivity index (χ1) is 9.24. The molecule has 0 amide bonds. The molecule has 2 heterocycles. The Bertz CT molecular complexity index is 678. The molecule has 19 heavy (non-hydrogen) atoms. The summed E-state index contributed by atoms with van der Waals surface area (Å²) in [4.78, 5) is 9.02. The standard InChI is InChI=1S/C14H15BrN4/c15-8-4-9-13(17-5-8)19(14(16)18-9)12-10-6-1-2-7(3-6)11(10)12/h4-7,10-12H,1-3H2,(H2,16,18). The first-order valence-electron chi connectivity index (χ1n) is 7.03. The van der Waals surface area contributed by atoms with Crippen LogP contribution in [0.4, 0.5) is 5.95 Å². The maximum atomic E-state index is 6.16. The summed E-state index contributed by atoms with van der Waals surface area (Å²) in [5.41, 5.74) is 8.02. The SMILES string of the molecule is Nc1nc2cc(Br)cnc2n1C1C2C3CCC(C3)C21. The van der Waals surface area contributed by atoms with Crippen LogP contribution in [0.1, 0.15) is 25.3 Å². The van der Waals surface area contributed by atoms with E-state index in [0.29, 0.717) is 12.0 Å². The van der Waals surface area contributed by atoms with Crippen LogP contribution in [0.3, 0.4) is 0 Å². The van der Waals surface area contributed by atoms with Crippen LogP contribution in [0.15, 0.2) is 16.7 Å². The van der Waals surface area contributed by atoms with Gasteiger partial charge >= 0.3 is 0 Å². The highest BCUT2D eigenvalue weighted by Gasteiger charge is 2.66. The van der Waals surface area contributed by atoms with Gasteiger partial charge in [0.1, 0.15) is 5.52 Å². The van der Waals surface area contributed by atoms with Crippen molar-refractivity contribution in [3.63, 3.8) is 0 Å². The molecular weight excluding hydrogens is 304 g/mol. The van der Waals surface area contributed by atoms with E-state index in [4.69, 9.17) is 5.73 Å². The minimum Gasteiger partial charge on any atom is -0.369 e. The predicted octanol–water partition coefficient (Wildman–Crippen LogP) is 2.99. The first-order valence-corrected chi connectivity index (χ1v) is 7.82. The quantitative estimate of drug-likeness (QED) is 0.879. The Morgan fingerprint density at radius 1 is 1.26 bits per heavy atom. The summed E-state index contributed by atoms with van der Waals surface area (Å²) < 4.78 is 3.17. The normalized spacial score (nSPS) is 38.9. The molecule has 4 unspecified atom stereocenters. The summed E-state index contributed by atoms with van der Waals surface area (Å²) in [5.74, 6) is 4.21. The average molecular weight is 319 g/mol. The van der Waals surface area contributed by atoms with Crippen LogP contribution in [0, 0.1) is 23.7 Å². The van der Waals surface area contributed by atoms with Crippen LogP contribution in [-0.4, -0.2) is 14.5 Å². The Morgan fingerprint density at radius 3 is 2.74 bits per heavy atom. The molecule has 3 aliphatic rings. The molecule has 0 saturated heterocycles. The summed E-state index contributed by atoms with van der Waals surface area (Å²) in [6.45, 7) is 0. The van der Waals surface area contributed by atoms with Gasteiger partial charge in [0.25, 0.3) is 0 Å². The number of imidazole rings is 1. The van der Waals surface area contributed by atoms with Crippen LogP contribution in [-0.2, 0) is 0 Å². The van der Waals surface area contributed by atoms with Gasteiger partial charge in [-0.25, -0.2) is 9.97 Å². The number of pyridine rings is 1. The number of anilines is 1. The van der Waals surface area contributed by atoms with E-state index >= 15 is 0 Å². The van der Waals surface area contributed by atoms with Gasteiger partial charge in [-0.05, 0) is 64.9 Å². The van der Waals surface area contributed by atoms with Gasteiger partial charge in [-0.1, -0.05) is 0 Å². The van der Waals surface area contributed by atoms with E-state index in [2.05, 4.69) is 30.5 Å². The van der Waals surface area contributed by atoms with Crippen LogP contribution in [0.2, 0.25) is 0 Å². The number of rotatable bonds is 1. The van der Waals surface area contributed by atoms with Crippen LogP contribution in [0.25, 0.3) is 11.2 Å². The third-order valence-corrected chi connectivity index (χ3v) is 5.95. The Labute approximate surface area is 119 Å². The molecule has 0 aliphatic heterocycles. The third kappa shape index (κ3) is 1.24. The second kappa shape index (κ2) is 3.32. The minimum absolute atomic E-state index is 0.574. The zero-order valence-corrected chi connectivity index (χ0v) is 12.0. The van der Waals surface area contributed by atoms with E-state index in [-0.39, 0.29) is 0 Å². The van der Waals surface area contributed by atoms with Crippen molar-refractivity contribution in [3.8, 4) is 0 Å². The molecule has 0 spiro atoms. The van der Waals surface area contributed by atoms with E-state index in [9.17, 15) is 0 Å². The fraction of sp³-hybridized carbons (Fsp3) is 0.571. The molecular formula is C14H15BrN4. The van der Waals surface area contributed by atoms with Crippen molar-refractivity contribution in [1.29, 1.82) is 0 Å². The van der Waals surface area contributed by atoms with Crippen molar-refractivity contribution in [2.24, 2.45) is 23.7 Å². The van der Waals surface area contributed by atoms with Crippen LogP contribution >= 0.6 is 15.9 Å². The zero-order valence-electron chi connectivity index (χ0n) is 10.5. The topological polar surface area (TPSA) is 56.7 Å². The van der Waals surface area contributed by atoms with Crippen LogP contribution in [0.5, 0.6) is 0 Å². The van der Waals surface area contributed by atoms with E-state index in [1.54, 1.807) is 0 Å². The van der Waals surface area contributed by atoms with Gasteiger partial charge < -0.3 is 5.73 Å². The van der Waals surface area contributed by atoms with Crippen LogP contribution < -0.4 is 5.73 Å². The number of nitrogen functional groups attached to an aromatic ring is 1. The number of halogens is 1. The molecule has 98 valence electrons. The lowest BCUT2D eigenvalue weighted by atomic mass is 10.0. The highest BCUT2D eigenvalue weighted by Crippen LogP contribution is 2.72. The number of hydrogen-bond donors (Lipinski definition) is 1. The van der Waals surface area contributed by atoms with Crippen molar-refractivity contribution in [2.45, 2.75) is 25.3 Å². The Kier molecular flexibility index (Phi) is 1.86. The van der Waals surface area contributed by atoms with Crippen molar-refractivity contribution in [2.75, 3.05) is 5.73 Å². The summed E-state index contributed by atoms with van der Waals surface area (Å²) in [6, 6.07) is 2.58. The molecule has 3 aliphatic carbocycles. The maximum Gasteiger partial charge on any atom is 0.202 e. The second-order valence-corrected chi connectivity index (χ2v) is 7.23. The Hall–Kier alpha value is -1.10. The molecule has 5 heteroatoms. The highest BCUT2D eigenvalue weighted by molar-refractivity contribution is 9.10. The van der Waals surface area contributed by atoms with Crippen molar-refractivity contribution >= 4 is 33.0 Å². The molecule has 0 radical (unpaired) electrons. The van der Waals surface area contributed by atoms with Gasteiger partial charge in [0, 0.05) is 16.7 Å². The fourth-order valence-corrected chi connectivity index (χ4v) is 5.21. The zero-order chi connectivity index (χ0) is 12.7. The molecule has 4 nitrogen and oxygen atoms in total. The molecule has 2 aromatic rings.